The molecule has 0 radical (unpaired) electrons. The fraction of sp³-hybridized carbons (Fsp3) is 0.154. The van der Waals surface area contributed by atoms with Gasteiger partial charge in [0.25, 0.3) is 0 Å². The second kappa shape index (κ2) is 7.03. The van der Waals surface area contributed by atoms with Crippen molar-refractivity contribution in [1.82, 2.24) is 19.7 Å². The van der Waals surface area contributed by atoms with Gasteiger partial charge in [-0.2, -0.15) is 10.4 Å². The van der Waals surface area contributed by atoms with Crippen molar-refractivity contribution in [2.24, 2.45) is 7.05 Å². The van der Waals surface area contributed by atoms with Gasteiger partial charge in [-0.1, -0.05) is 36.4 Å². The van der Waals surface area contributed by atoms with Gasteiger partial charge in [0, 0.05) is 41.3 Å². The van der Waals surface area contributed by atoms with Crippen molar-refractivity contribution < 1.29 is 0 Å². The molecule has 5 heteroatoms. The standard InChI is InChI=1S/C26H21N5/c1-26(2,16-27)20-9-6-17(7-10-20)25-24-21-13-18(19-5-4-12-28-14-19)8-11-22(21)29-15-23(24)31(3)30-25/h4-15H,1-3H3. The molecule has 0 aliphatic heterocycles. The fourth-order valence-corrected chi connectivity index (χ4v) is 3.95. The Morgan fingerprint density at radius 1 is 0.935 bits per heavy atom. The van der Waals surface area contributed by atoms with Crippen LogP contribution in [0.4, 0.5) is 0 Å². The van der Waals surface area contributed by atoms with Gasteiger partial charge in [-0.25, -0.2) is 0 Å². The van der Waals surface area contributed by atoms with E-state index in [2.05, 4.69) is 34.2 Å². The number of hydrogen-bond acceptors (Lipinski definition) is 4. The van der Waals surface area contributed by atoms with Gasteiger partial charge in [0.2, 0.25) is 0 Å². The molecular formula is C26H21N5. The van der Waals surface area contributed by atoms with E-state index >= 15 is 0 Å². The Morgan fingerprint density at radius 3 is 2.42 bits per heavy atom. The van der Waals surface area contributed by atoms with Crippen molar-refractivity contribution in [1.29, 1.82) is 5.26 Å². The molecule has 3 heterocycles. The zero-order chi connectivity index (χ0) is 21.6. The predicted octanol–water partition coefficient (Wildman–Crippen LogP) is 5.65. The lowest BCUT2D eigenvalue weighted by molar-refractivity contribution is 0.687. The van der Waals surface area contributed by atoms with Crippen molar-refractivity contribution in [3.8, 4) is 28.5 Å². The quantitative estimate of drug-likeness (QED) is 0.390. The molecule has 0 amide bonds. The lowest BCUT2D eigenvalue weighted by atomic mass is 9.86. The van der Waals surface area contributed by atoms with Crippen LogP contribution in [0.1, 0.15) is 19.4 Å². The number of nitrogens with zero attached hydrogens (tertiary/aromatic N) is 5. The van der Waals surface area contributed by atoms with E-state index < -0.39 is 5.41 Å². The minimum atomic E-state index is -0.528. The smallest absolute Gasteiger partial charge is 0.101 e. The molecule has 5 aromatic rings. The molecule has 31 heavy (non-hydrogen) atoms. The lowest BCUT2D eigenvalue weighted by Gasteiger charge is -2.15. The van der Waals surface area contributed by atoms with Gasteiger partial charge in [0.15, 0.2) is 0 Å². The average Bonchev–Trinajstić information content (AvgIpc) is 3.16. The van der Waals surface area contributed by atoms with E-state index in [0.717, 1.165) is 49.8 Å². The zero-order valence-electron chi connectivity index (χ0n) is 17.7. The Kier molecular flexibility index (Phi) is 4.30. The molecule has 5 nitrogen and oxygen atoms in total. The van der Waals surface area contributed by atoms with E-state index in [-0.39, 0.29) is 0 Å². The molecule has 3 aromatic heterocycles. The van der Waals surface area contributed by atoms with Gasteiger partial charge >= 0.3 is 0 Å². The number of fused-ring (bicyclic) bond motifs is 3. The van der Waals surface area contributed by atoms with Gasteiger partial charge in [0.05, 0.1) is 28.7 Å². The Hall–Kier alpha value is -4.04. The maximum atomic E-state index is 9.44. The SMILES string of the molecule is Cn1nc(-c2ccc(C(C)(C)C#N)cc2)c2c3cc(-c4cccnc4)ccc3ncc21. The summed E-state index contributed by atoms with van der Waals surface area (Å²) in [6.45, 7) is 3.86. The van der Waals surface area contributed by atoms with Crippen LogP contribution in [0, 0.1) is 11.3 Å². The summed E-state index contributed by atoms with van der Waals surface area (Å²) >= 11 is 0. The van der Waals surface area contributed by atoms with E-state index in [4.69, 9.17) is 5.10 Å². The molecule has 0 aliphatic carbocycles. The number of benzene rings is 2. The Bertz CT molecular complexity index is 1460. The summed E-state index contributed by atoms with van der Waals surface area (Å²) in [6.07, 6.45) is 5.53. The van der Waals surface area contributed by atoms with Crippen LogP contribution >= 0.6 is 0 Å². The van der Waals surface area contributed by atoms with Crippen molar-refractivity contribution in [2.75, 3.05) is 0 Å². The van der Waals surface area contributed by atoms with Crippen LogP contribution in [0.3, 0.4) is 0 Å². The Balaban J connectivity index is 1.74. The zero-order valence-corrected chi connectivity index (χ0v) is 17.7. The minimum absolute atomic E-state index is 0.528. The van der Waals surface area contributed by atoms with Gasteiger partial charge in [-0.15, -0.1) is 0 Å². The average molecular weight is 403 g/mol. The van der Waals surface area contributed by atoms with Crippen LogP contribution in [-0.2, 0) is 12.5 Å². The first-order chi connectivity index (χ1) is 15.0. The topological polar surface area (TPSA) is 67.4 Å². The molecule has 0 aliphatic rings. The first kappa shape index (κ1) is 19.0. The van der Waals surface area contributed by atoms with Crippen LogP contribution in [0.25, 0.3) is 44.2 Å². The first-order valence-corrected chi connectivity index (χ1v) is 10.2. The number of nitriles is 1. The van der Waals surface area contributed by atoms with E-state index in [1.165, 1.54) is 0 Å². The lowest BCUT2D eigenvalue weighted by Crippen LogP contribution is -2.13. The highest BCUT2D eigenvalue weighted by Gasteiger charge is 2.20. The maximum absolute atomic E-state index is 9.44. The number of rotatable bonds is 3. The number of aryl methyl sites for hydroxylation is 1. The Morgan fingerprint density at radius 2 is 1.71 bits per heavy atom. The van der Waals surface area contributed by atoms with Gasteiger partial charge in [-0.3, -0.25) is 14.6 Å². The molecule has 150 valence electrons. The molecule has 2 aromatic carbocycles. The number of hydrogen-bond donors (Lipinski definition) is 0. The molecule has 0 unspecified atom stereocenters. The summed E-state index contributed by atoms with van der Waals surface area (Å²) in [5.74, 6) is 0. The maximum Gasteiger partial charge on any atom is 0.101 e. The summed E-state index contributed by atoms with van der Waals surface area (Å²) in [7, 11) is 1.94. The Labute approximate surface area is 180 Å². The number of pyridine rings is 2. The molecule has 0 saturated heterocycles. The summed E-state index contributed by atoms with van der Waals surface area (Å²) in [4.78, 5) is 8.91. The predicted molar refractivity (Wildman–Crippen MR) is 123 cm³/mol. The third-order valence-corrected chi connectivity index (χ3v) is 5.84. The second-order valence-electron chi connectivity index (χ2n) is 8.28. The largest absolute Gasteiger partial charge is 0.266 e. The van der Waals surface area contributed by atoms with Crippen molar-refractivity contribution in [3.63, 3.8) is 0 Å². The highest BCUT2D eigenvalue weighted by molar-refractivity contribution is 6.12. The fourth-order valence-electron chi connectivity index (χ4n) is 3.95. The van der Waals surface area contributed by atoms with E-state index in [1.54, 1.807) is 6.20 Å². The van der Waals surface area contributed by atoms with E-state index in [1.807, 2.05) is 74.4 Å². The molecule has 0 spiro atoms. The summed E-state index contributed by atoms with van der Waals surface area (Å²) in [5.41, 5.74) is 6.45. The molecule has 0 N–H and O–H groups in total. The van der Waals surface area contributed by atoms with Crippen molar-refractivity contribution >= 4 is 21.8 Å². The third-order valence-electron chi connectivity index (χ3n) is 5.84. The highest BCUT2D eigenvalue weighted by Crippen LogP contribution is 2.35. The second-order valence-corrected chi connectivity index (χ2v) is 8.28. The third kappa shape index (κ3) is 3.13. The van der Waals surface area contributed by atoms with Crippen molar-refractivity contribution in [2.45, 2.75) is 19.3 Å². The van der Waals surface area contributed by atoms with E-state index in [9.17, 15) is 5.26 Å². The molecule has 0 fully saturated rings. The van der Waals surface area contributed by atoms with Crippen LogP contribution in [-0.4, -0.2) is 19.7 Å². The van der Waals surface area contributed by atoms with Crippen LogP contribution in [0.2, 0.25) is 0 Å². The summed E-state index contributed by atoms with van der Waals surface area (Å²) in [6, 6.07) is 20.8. The number of aromatic nitrogens is 4. The monoisotopic (exact) mass is 403 g/mol. The summed E-state index contributed by atoms with van der Waals surface area (Å²) in [5, 5.41) is 16.4. The van der Waals surface area contributed by atoms with E-state index in [0.29, 0.717) is 0 Å². The normalized spacial score (nSPS) is 11.7. The highest BCUT2D eigenvalue weighted by atomic mass is 15.3. The summed E-state index contributed by atoms with van der Waals surface area (Å²) < 4.78 is 1.88. The van der Waals surface area contributed by atoms with Gasteiger partial charge in [0.1, 0.15) is 5.69 Å². The van der Waals surface area contributed by atoms with Crippen LogP contribution < -0.4 is 0 Å². The van der Waals surface area contributed by atoms with Crippen LogP contribution in [0.5, 0.6) is 0 Å². The molecule has 0 atom stereocenters. The van der Waals surface area contributed by atoms with Crippen molar-refractivity contribution in [3.05, 3.63) is 78.8 Å². The molecular weight excluding hydrogens is 382 g/mol. The minimum Gasteiger partial charge on any atom is -0.266 e. The molecule has 0 saturated carbocycles. The molecule has 5 rings (SSSR count). The molecule has 0 bridgehead atoms. The van der Waals surface area contributed by atoms with Crippen LogP contribution in [0.15, 0.2) is 73.2 Å². The van der Waals surface area contributed by atoms with Gasteiger partial charge in [-0.05, 0) is 43.2 Å². The van der Waals surface area contributed by atoms with Gasteiger partial charge < -0.3 is 0 Å². The first-order valence-electron chi connectivity index (χ1n) is 10.2.